The number of Topliss-reactive ketones (excluding diaryl/α,β-unsaturated/α-hetero) is 2. The highest BCUT2D eigenvalue weighted by molar-refractivity contribution is 6.17. The summed E-state index contributed by atoms with van der Waals surface area (Å²) < 4.78 is 1.27. The second-order valence-corrected chi connectivity index (χ2v) is 3.36. The average Bonchev–Trinajstić information content (AvgIpc) is 2.46. The molecule has 0 saturated carbocycles. The molecule has 0 aliphatic carbocycles. The van der Waals surface area contributed by atoms with Gasteiger partial charge in [-0.05, 0) is 18.6 Å². The van der Waals surface area contributed by atoms with Crippen molar-refractivity contribution < 1.29 is 19.4 Å². The topological polar surface area (TPSA) is 89.0 Å². The number of tetrazole rings is 1. The van der Waals surface area contributed by atoms with Crippen LogP contribution in [0, 0.1) is 0 Å². The van der Waals surface area contributed by atoms with Crippen LogP contribution >= 0.6 is 0 Å². The summed E-state index contributed by atoms with van der Waals surface area (Å²) in [5, 5.41) is 16.8. The predicted molar refractivity (Wildman–Crippen MR) is 53.2 cm³/mol. The first kappa shape index (κ1) is 12.0. The minimum atomic E-state index is -0.347. The van der Waals surface area contributed by atoms with Crippen molar-refractivity contribution >= 4 is 17.1 Å². The monoisotopic (exact) mass is 225 g/mol. The molecule has 1 aromatic rings. The number of nitrogens with zero attached hydrogens (tertiary/aromatic N) is 4. The van der Waals surface area contributed by atoms with Gasteiger partial charge in [0.25, 0.3) is 0 Å². The van der Waals surface area contributed by atoms with Gasteiger partial charge in [-0.2, -0.15) is 0 Å². The molecule has 0 aliphatic rings. The summed E-state index contributed by atoms with van der Waals surface area (Å²) in [6, 6.07) is 0. The molecule has 0 unspecified atom stereocenters. The van der Waals surface area contributed by atoms with E-state index in [-0.39, 0.29) is 29.5 Å². The Bertz CT molecular complexity index is 461. The van der Waals surface area contributed by atoms with Crippen LogP contribution in [0.4, 0.5) is 0 Å². The van der Waals surface area contributed by atoms with Crippen LogP contribution in [0.1, 0.15) is 19.7 Å². The number of hydrogen-bond acceptors (Lipinski definition) is 5. The first-order chi connectivity index (χ1) is 7.45. The number of aryl methyl sites for hydroxylation is 1. The van der Waals surface area contributed by atoms with Crippen molar-refractivity contribution in [1.29, 1.82) is 0 Å². The third-order valence-electron chi connectivity index (χ3n) is 1.84. The van der Waals surface area contributed by atoms with Gasteiger partial charge >= 0.3 is 5.82 Å². The fourth-order valence-electron chi connectivity index (χ4n) is 1.22. The molecule has 1 rings (SSSR count). The number of ketones is 2. The predicted octanol–water partition coefficient (Wildman–Crippen LogP) is -0.820. The molecular formula is C9H13N4O3+. The van der Waals surface area contributed by atoms with E-state index in [1.807, 2.05) is 0 Å². The molecule has 1 N–H and O–H groups in total. The van der Waals surface area contributed by atoms with Crippen LogP contribution in [0.25, 0.3) is 5.57 Å². The molecule has 7 nitrogen and oxygen atoms in total. The Balaban J connectivity index is 3.21. The summed E-state index contributed by atoms with van der Waals surface area (Å²) in [7, 11) is 1.56. The number of hydrogen-bond donors (Lipinski definition) is 1. The maximum atomic E-state index is 11.2. The number of aliphatic hydroxyl groups excluding tert-OH is 1. The summed E-state index contributed by atoms with van der Waals surface area (Å²) in [4.78, 5) is 23.4. The van der Waals surface area contributed by atoms with E-state index in [4.69, 9.17) is 5.11 Å². The van der Waals surface area contributed by atoms with Gasteiger partial charge in [0.2, 0.25) is 0 Å². The second kappa shape index (κ2) is 4.65. The van der Waals surface area contributed by atoms with Gasteiger partial charge in [0.05, 0.1) is 16.6 Å². The normalized spacial score (nSPS) is 11.6. The lowest BCUT2D eigenvalue weighted by atomic mass is 10.2. The van der Waals surface area contributed by atoms with E-state index >= 15 is 0 Å². The molecular weight excluding hydrogens is 212 g/mol. The highest BCUT2D eigenvalue weighted by atomic mass is 16.2. The Labute approximate surface area is 92.0 Å². The molecule has 0 saturated heterocycles. The van der Waals surface area contributed by atoms with Gasteiger partial charge in [-0.1, -0.05) is 0 Å². The van der Waals surface area contributed by atoms with Crippen molar-refractivity contribution in [3.63, 3.8) is 0 Å². The summed E-state index contributed by atoms with van der Waals surface area (Å²) in [6.07, 6.45) is 0.670. The van der Waals surface area contributed by atoms with Crippen molar-refractivity contribution in [3.8, 4) is 0 Å². The second-order valence-electron chi connectivity index (χ2n) is 3.36. The lowest BCUT2D eigenvalue weighted by Gasteiger charge is -1.95. The highest BCUT2D eigenvalue weighted by Crippen LogP contribution is 2.06. The SMILES string of the molecule is CC(=O)C[n+]1nn(C)nc1/C(=C/O)C(C)=O. The van der Waals surface area contributed by atoms with E-state index in [1.165, 1.54) is 23.3 Å². The molecule has 0 bridgehead atoms. The Morgan fingerprint density at radius 2 is 2.12 bits per heavy atom. The summed E-state index contributed by atoms with van der Waals surface area (Å²) in [5.41, 5.74) is 0.0225. The summed E-state index contributed by atoms with van der Waals surface area (Å²) >= 11 is 0. The van der Waals surface area contributed by atoms with E-state index in [0.29, 0.717) is 6.26 Å². The smallest absolute Gasteiger partial charge is 0.336 e. The van der Waals surface area contributed by atoms with Gasteiger partial charge in [-0.15, -0.1) is 4.68 Å². The number of allylic oxidation sites excluding steroid dienone is 1. The molecule has 0 amide bonds. The third-order valence-corrected chi connectivity index (χ3v) is 1.84. The molecule has 16 heavy (non-hydrogen) atoms. The Kier molecular flexibility index (Phi) is 3.49. The van der Waals surface area contributed by atoms with Crippen LogP contribution in [0.15, 0.2) is 6.26 Å². The molecule has 7 heteroatoms. The number of carbonyl (C=O) groups excluding carboxylic acids is 2. The number of aromatic nitrogens is 4. The minimum Gasteiger partial charge on any atom is -0.515 e. The van der Waals surface area contributed by atoms with Crippen LogP contribution in [0.5, 0.6) is 0 Å². The molecule has 1 aromatic heterocycles. The van der Waals surface area contributed by atoms with Crippen LogP contribution in [-0.2, 0) is 23.2 Å². The third kappa shape index (κ3) is 2.50. The molecule has 0 aromatic carbocycles. The maximum Gasteiger partial charge on any atom is 0.336 e. The number of carbonyl (C=O) groups is 2. The molecule has 0 radical (unpaired) electrons. The Morgan fingerprint density at radius 1 is 1.50 bits per heavy atom. The van der Waals surface area contributed by atoms with E-state index in [9.17, 15) is 9.59 Å². The molecule has 1 heterocycles. The van der Waals surface area contributed by atoms with Crippen molar-refractivity contribution in [1.82, 2.24) is 15.1 Å². The van der Waals surface area contributed by atoms with E-state index in [2.05, 4.69) is 10.3 Å². The van der Waals surface area contributed by atoms with Crippen molar-refractivity contribution in [3.05, 3.63) is 12.1 Å². The van der Waals surface area contributed by atoms with Gasteiger partial charge in [0.1, 0.15) is 12.6 Å². The first-order valence-corrected chi connectivity index (χ1v) is 4.62. The van der Waals surface area contributed by atoms with Crippen LogP contribution in [0.3, 0.4) is 0 Å². The molecule has 0 fully saturated rings. The fraction of sp³-hybridized carbons (Fsp3) is 0.444. The van der Waals surface area contributed by atoms with E-state index < -0.39 is 0 Å². The zero-order chi connectivity index (χ0) is 12.3. The zero-order valence-corrected chi connectivity index (χ0v) is 9.34. The van der Waals surface area contributed by atoms with Gasteiger partial charge in [0, 0.05) is 0 Å². The highest BCUT2D eigenvalue weighted by Gasteiger charge is 2.25. The van der Waals surface area contributed by atoms with Crippen LogP contribution in [-0.4, -0.2) is 31.8 Å². The number of aliphatic hydroxyl groups is 1. The Hall–Kier alpha value is -2.05. The lowest BCUT2D eigenvalue weighted by molar-refractivity contribution is -0.746. The molecule has 0 spiro atoms. The molecule has 0 aliphatic heterocycles. The average molecular weight is 225 g/mol. The van der Waals surface area contributed by atoms with Crippen molar-refractivity contribution in [2.75, 3.05) is 0 Å². The van der Waals surface area contributed by atoms with Crippen molar-refractivity contribution in [2.24, 2.45) is 7.05 Å². The van der Waals surface area contributed by atoms with E-state index in [0.717, 1.165) is 0 Å². The van der Waals surface area contributed by atoms with Gasteiger partial charge in [0.15, 0.2) is 18.1 Å². The lowest BCUT2D eigenvalue weighted by Crippen LogP contribution is -2.43. The largest absolute Gasteiger partial charge is 0.515 e. The van der Waals surface area contributed by atoms with Gasteiger partial charge in [-0.25, -0.2) is 0 Å². The quantitative estimate of drug-likeness (QED) is 0.411. The first-order valence-electron chi connectivity index (χ1n) is 4.62. The van der Waals surface area contributed by atoms with Crippen molar-refractivity contribution in [2.45, 2.75) is 20.4 Å². The fourth-order valence-corrected chi connectivity index (χ4v) is 1.22. The Morgan fingerprint density at radius 3 is 2.56 bits per heavy atom. The summed E-state index contributed by atoms with van der Waals surface area (Å²) in [6.45, 7) is 2.71. The maximum absolute atomic E-state index is 11.2. The minimum absolute atomic E-state index is 0.00773. The van der Waals surface area contributed by atoms with E-state index in [1.54, 1.807) is 7.05 Å². The van der Waals surface area contributed by atoms with Gasteiger partial charge in [-0.3, -0.25) is 9.59 Å². The van der Waals surface area contributed by atoms with Gasteiger partial charge < -0.3 is 5.11 Å². The standard InChI is InChI=1S/C9H12N4O3/c1-6(15)4-13-9(10-12(3)11-13)8(5-14)7(2)16/h5H,4H2,1-3H3/p+1. The van der Waals surface area contributed by atoms with Crippen LogP contribution in [0.2, 0.25) is 0 Å². The molecule has 0 atom stereocenters. The summed E-state index contributed by atoms with van der Waals surface area (Å²) in [5.74, 6) is -0.291. The zero-order valence-electron chi connectivity index (χ0n) is 9.34. The molecule has 86 valence electrons. The van der Waals surface area contributed by atoms with Crippen LogP contribution < -0.4 is 4.68 Å². The number of rotatable bonds is 4.